The molecule has 0 atom stereocenters. The zero-order valence-electron chi connectivity index (χ0n) is 10.8. The maximum Gasteiger partial charge on any atom is 0.258 e. The number of rotatable bonds is 8. The van der Waals surface area contributed by atoms with Crippen LogP contribution in [0.2, 0.25) is 0 Å². The van der Waals surface area contributed by atoms with E-state index >= 15 is 0 Å². The lowest BCUT2D eigenvalue weighted by molar-refractivity contribution is -0.122. The number of carbonyl (C=O) groups is 2. The Balaban J connectivity index is 1.84. The van der Waals surface area contributed by atoms with Gasteiger partial charge in [0.2, 0.25) is 5.91 Å². The molecule has 9 heteroatoms. The van der Waals surface area contributed by atoms with Crippen LogP contribution in [0, 0.1) is 0 Å². The zero-order valence-corrected chi connectivity index (χ0v) is 11.7. The van der Waals surface area contributed by atoms with Crippen molar-refractivity contribution in [1.29, 1.82) is 0 Å². The van der Waals surface area contributed by atoms with E-state index in [0.717, 1.165) is 24.4 Å². The van der Waals surface area contributed by atoms with Crippen molar-refractivity contribution in [1.82, 2.24) is 9.69 Å². The van der Waals surface area contributed by atoms with Crippen LogP contribution in [0.1, 0.15) is 23.2 Å². The lowest BCUT2D eigenvalue weighted by atomic mass is 10.3. The van der Waals surface area contributed by atoms with E-state index in [1.165, 1.54) is 0 Å². The summed E-state index contributed by atoms with van der Waals surface area (Å²) in [7, 11) is 0. The van der Waals surface area contributed by atoms with Gasteiger partial charge in [0, 0.05) is 12.6 Å². The number of nitrogens with one attached hydrogen (secondary N) is 2. The minimum Gasteiger partial charge on any atom is -0.382 e. The van der Waals surface area contributed by atoms with Gasteiger partial charge >= 0.3 is 0 Å². The van der Waals surface area contributed by atoms with Gasteiger partial charge in [-0.2, -0.15) is 4.37 Å². The fourth-order valence-corrected chi connectivity index (χ4v) is 2.27. The van der Waals surface area contributed by atoms with E-state index in [-0.39, 0.29) is 24.4 Å². The number of nitrogens with zero attached hydrogens (tertiary/aromatic N) is 1. The van der Waals surface area contributed by atoms with Gasteiger partial charge in [-0.25, -0.2) is 0 Å². The topological polar surface area (TPSA) is 132 Å². The van der Waals surface area contributed by atoms with Crippen LogP contribution in [-0.2, 0) is 9.53 Å². The summed E-state index contributed by atoms with van der Waals surface area (Å²) >= 11 is 1.12. The number of anilines is 2. The molecule has 0 aromatic carbocycles. The summed E-state index contributed by atoms with van der Waals surface area (Å²) in [4.78, 5) is 22.5. The molecular weight excluding hydrogens is 282 g/mol. The summed E-state index contributed by atoms with van der Waals surface area (Å²) in [6, 6.07) is 0.258. The summed E-state index contributed by atoms with van der Waals surface area (Å²) < 4.78 is 8.99. The number of hydrogen-bond donors (Lipinski definition) is 4. The van der Waals surface area contributed by atoms with Crippen LogP contribution in [0.5, 0.6) is 0 Å². The number of aromatic nitrogens is 1. The number of primary amides is 1. The van der Waals surface area contributed by atoms with E-state index in [0.29, 0.717) is 23.7 Å². The molecule has 1 saturated carbocycles. The van der Waals surface area contributed by atoms with Crippen molar-refractivity contribution in [3.8, 4) is 0 Å². The Hall–Kier alpha value is -1.87. The monoisotopic (exact) mass is 299 g/mol. The van der Waals surface area contributed by atoms with Crippen LogP contribution in [0.15, 0.2) is 0 Å². The molecule has 1 heterocycles. The summed E-state index contributed by atoms with van der Waals surface area (Å²) in [5.74, 6) is -0.510. The van der Waals surface area contributed by atoms with Gasteiger partial charge in [0.05, 0.1) is 6.61 Å². The molecule has 0 aliphatic heterocycles. The highest BCUT2D eigenvalue weighted by molar-refractivity contribution is 7.11. The molecule has 2 rings (SSSR count). The molecule has 1 aromatic rings. The minimum absolute atomic E-state index is 0.123. The van der Waals surface area contributed by atoms with Crippen LogP contribution in [0.3, 0.4) is 0 Å². The number of carbonyl (C=O) groups excluding carboxylic acids is 2. The first-order valence-electron chi connectivity index (χ1n) is 6.24. The Morgan fingerprint density at radius 1 is 1.45 bits per heavy atom. The molecule has 1 aliphatic carbocycles. The normalized spacial score (nSPS) is 14.0. The first-order valence-corrected chi connectivity index (χ1v) is 7.01. The second kappa shape index (κ2) is 6.53. The highest BCUT2D eigenvalue weighted by Gasteiger charge is 2.27. The molecule has 0 bridgehead atoms. The lowest BCUT2D eigenvalue weighted by Crippen LogP contribution is -2.27. The molecule has 0 radical (unpaired) electrons. The van der Waals surface area contributed by atoms with Crippen LogP contribution in [0.25, 0.3) is 0 Å². The van der Waals surface area contributed by atoms with Gasteiger partial charge in [0.1, 0.15) is 17.2 Å². The van der Waals surface area contributed by atoms with E-state index in [2.05, 4.69) is 15.0 Å². The third-order valence-corrected chi connectivity index (χ3v) is 3.45. The second-order valence-corrected chi connectivity index (χ2v) is 5.24. The molecule has 1 aliphatic rings. The van der Waals surface area contributed by atoms with Crippen molar-refractivity contribution in [3.63, 3.8) is 0 Å². The zero-order chi connectivity index (χ0) is 14.5. The first kappa shape index (κ1) is 14.5. The molecule has 2 amide bonds. The van der Waals surface area contributed by atoms with Crippen LogP contribution in [0.4, 0.5) is 10.8 Å². The molecular formula is C11H17N5O3S. The van der Waals surface area contributed by atoms with Crippen molar-refractivity contribution < 1.29 is 14.3 Å². The Labute approximate surface area is 120 Å². The van der Waals surface area contributed by atoms with Crippen molar-refractivity contribution in [2.24, 2.45) is 5.73 Å². The van der Waals surface area contributed by atoms with E-state index < -0.39 is 5.91 Å². The first-order chi connectivity index (χ1) is 9.58. The highest BCUT2D eigenvalue weighted by Crippen LogP contribution is 2.28. The van der Waals surface area contributed by atoms with Gasteiger partial charge < -0.3 is 26.8 Å². The van der Waals surface area contributed by atoms with Gasteiger partial charge in [-0.05, 0) is 24.4 Å². The molecule has 110 valence electrons. The number of ether oxygens (including phenoxy) is 1. The van der Waals surface area contributed by atoms with Crippen molar-refractivity contribution in [2.45, 2.75) is 18.9 Å². The second-order valence-electron chi connectivity index (χ2n) is 4.47. The molecule has 0 spiro atoms. The minimum atomic E-state index is -0.517. The SMILES string of the molecule is NC(=O)COCCNc1snc(N)c1C(=O)NC1CC1. The molecule has 0 unspecified atom stereocenters. The Morgan fingerprint density at radius 2 is 2.20 bits per heavy atom. The third-order valence-electron chi connectivity index (χ3n) is 2.63. The highest BCUT2D eigenvalue weighted by atomic mass is 32.1. The van der Waals surface area contributed by atoms with Crippen LogP contribution >= 0.6 is 11.5 Å². The van der Waals surface area contributed by atoms with Gasteiger partial charge in [0.25, 0.3) is 5.91 Å². The lowest BCUT2D eigenvalue weighted by Gasteiger charge is -2.07. The van der Waals surface area contributed by atoms with Gasteiger partial charge in [-0.15, -0.1) is 0 Å². The van der Waals surface area contributed by atoms with Gasteiger partial charge in [-0.1, -0.05) is 0 Å². The van der Waals surface area contributed by atoms with Crippen molar-refractivity contribution >= 4 is 34.2 Å². The Morgan fingerprint density at radius 3 is 2.85 bits per heavy atom. The fraction of sp³-hybridized carbons (Fsp3) is 0.545. The molecule has 1 fully saturated rings. The molecule has 20 heavy (non-hydrogen) atoms. The summed E-state index contributed by atoms with van der Waals surface area (Å²) in [5.41, 5.74) is 11.0. The smallest absolute Gasteiger partial charge is 0.258 e. The van der Waals surface area contributed by atoms with Crippen molar-refractivity contribution in [2.75, 3.05) is 30.8 Å². The summed E-state index contributed by atoms with van der Waals surface area (Å²) in [6.07, 6.45) is 2.01. The van der Waals surface area contributed by atoms with Crippen molar-refractivity contribution in [3.05, 3.63) is 5.56 Å². The predicted molar refractivity (Wildman–Crippen MR) is 75.5 cm³/mol. The maximum atomic E-state index is 12.0. The number of hydrogen-bond acceptors (Lipinski definition) is 7. The predicted octanol–water partition coefficient (Wildman–Crippen LogP) is -0.469. The molecule has 6 N–H and O–H groups in total. The van der Waals surface area contributed by atoms with Gasteiger partial charge in [-0.3, -0.25) is 9.59 Å². The molecule has 1 aromatic heterocycles. The van der Waals surface area contributed by atoms with Crippen LogP contribution in [-0.4, -0.2) is 42.0 Å². The van der Waals surface area contributed by atoms with E-state index in [9.17, 15) is 9.59 Å². The molecule has 8 nitrogen and oxygen atoms in total. The average molecular weight is 299 g/mol. The van der Waals surface area contributed by atoms with Gasteiger partial charge in [0.15, 0.2) is 5.82 Å². The maximum absolute atomic E-state index is 12.0. The Kier molecular flexibility index (Phi) is 4.74. The Bertz CT molecular complexity index is 500. The average Bonchev–Trinajstić information content (AvgIpc) is 3.11. The number of nitrogens with two attached hydrogens (primary N) is 2. The molecule has 0 saturated heterocycles. The number of nitrogen functional groups attached to an aromatic ring is 1. The van der Waals surface area contributed by atoms with E-state index in [4.69, 9.17) is 16.2 Å². The van der Waals surface area contributed by atoms with E-state index in [1.54, 1.807) is 0 Å². The van der Waals surface area contributed by atoms with Crippen LogP contribution < -0.4 is 22.1 Å². The summed E-state index contributed by atoms with van der Waals surface area (Å²) in [6.45, 7) is 0.602. The summed E-state index contributed by atoms with van der Waals surface area (Å²) in [5, 5.41) is 6.49. The largest absolute Gasteiger partial charge is 0.382 e. The van der Waals surface area contributed by atoms with E-state index in [1.807, 2.05) is 0 Å². The number of amides is 2. The standard InChI is InChI=1S/C11H17N5O3S/c12-7(17)5-19-4-3-14-11-8(9(13)16-20-11)10(18)15-6-1-2-6/h6,14H,1-5H2,(H2,12,17)(H2,13,16)(H,15,18). The third kappa shape index (κ3) is 4.07. The quantitative estimate of drug-likeness (QED) is 0.480. The fourth-order valence-electron chi connectivity index (χ4n) is 1.54.